The van der Waals surface area contributed by atoms with Crippen LogP contribution in [0.5, 0.6) is 11.5 Å². The van der Waals surface area contributed by atoms with Gasteiger partial charge in [-0.15, -0.1) is 0 Å². The molecule has 0 radical (unpaired) electrons. The Morgan fingerprint density at radius 1 is 1.17 bits per heavy atom. The first kappa shape index (κ1) is 14.8. The highest BCUT2D eigenvalue weighted by molar-refractivity contribution is 7.90. The van der Waals surface area contributed by atoms with Crippen molar-refractivity contribution < 1.29 is 17.9 Å². The zero-order chi connectivity index (χ0) is 13.4. The van der Waals surface area contributed by atoms with E-state index in [1.165, 1.54) is 6.26 Å². The van der Waals surface area contributed by atoms with Gasteiger partial charge in [0.05, 0.1) is 12.9 Å². The number of para-hydroxylation sites is 2. The zero-order valence-electron chi connectivity index (χ0n) is 10.7. The quantitative estimate of drug-likeness (QED) is 0.707. The van der Waals surface area contributed by atoms with E-state index in [1.807, 2.05) is 24.3 Å². The molecule has 0 aliphatic carbocycles. The minimum atomic E-state index is -2.90. The van der Waals surface area contributed by atoms with E-state index in [-0.39, 0.29) is 5.75 Å². The maximum atomic E-state index is 10.9. The van der Waals surface area contributed by atoms with Gasteiger partial charge in [-0.1, -0.05) is 12.1 Å². The summed E-state index contributed by atoms with van der Waals surface area (Å²) in [6, 6.07) is 7.40. The van der Waals surface area contributed by atoms with Gasteiger partial charge in [0.2, 0.25) is 0 Å². The second kappa shape index (κ2) is 7.23. The van der Waals surface area contributed by atoms with Gasteiger partial charge in [-0.25, -0.2) is 8.42 Å². The van der Waals surface area contributed by atoms with Gasteiger partial charge in [-0.3, -0.25) is 0 Å². The summed E-state index contributed by atoms with van der Waals surface area (Å²) in [4.78, 5) is 0. The standard InChI is InChI=1S/C12H19NO4S/c1-16-11-5-3-4-6-12(11)17-9-7-13-8-10-18(2,14)15/h3-6,13H,7-10H2,1-2H3. The van der Waals surface area contributed by atoms with Gasteiger partial charge in [0.15, 0.2) is 11.5 Å². The fourth-order valence-electron chi connectivity index (χ4n) is 1.35. The molecule has 0 spiro atoms. The first-order valence-corrected chi connectivity index (χ1v) is 7.73. The smallest absolute Gasteiger partial charge is 0.161 e. The first-order valence-electron chi connectivity index (χ1n) is 5.67. The molecule has 0 atom stereocenters. The monoisotopic (exact) mass is 273 g/mol. The molecule has 5 nitrogen and oxygen atoms in total. The van der Waals surface area contributed by atoms with Crippen LogP contribution in [0.4, 0.5) is 0 Å². The number of rotatable bonds is 8. The molecule has 0 amide bonds. The Morgan fingerprint density at radius 2 is 1.83 bits per heavy atom. The molecule has 1 rings (SSSR count). The number of hydrogen-bond acceptors (Lipinski definition) is 5. The molecule has 18 heavy (non-hydrogen) atoms. The highest BCUT2D eigenvalue weighted by Gasteiger charge is 2.02. The van der Waals surface area contributed by atoms with E-state index in [0.29, 0.717) is 31.2 Å². The third-order valence-electron chi connectivity index (χ3n) is 2.26. The lowest BCUT2D eigenvalue weighted by molar-refractivity contribution is 0.293. The average Bonchev–Trinajstić information content (AvgIpc) is 2.32. The summed E-state index contributed by atoms with van der Waals surface area (Å²) in [6.45, 7) is 1.49. The van der Waals surface area contributed by atoms with E-state index >= 15 is 0 Å². The number of methoxy groups -OCH3 is 1. The second-order valence-electron chi connectivity index (χ2n) is 3.88. The van der Waals surface area contributed by atoms with Crippen molar-refractivity contribution in [3.8, 4) is 11.5 Å². The van der Waals surface area contributed by atoms with Gasteiger partial charge in [-0.2, -0.15) is 0 Å². The highest BCUT2D eigenvalue weighted by atomic mass is 32.2. The van der Waals surface area contributed by atoms with E-state index in [0.717, 1.165) is 0 Å². The number of sulfone groups is 1. The Kier molecular flexibility index (Phi) is 5.94. The number of ether oxygens (including phenoxy) is 2. The molecule has 0 saturated carbocycles. The number of nitrogens with one attached hydrogen (secondary N) is 1. The predicted molar refractivity (Wildman–Crippen MR) is 71.1 cm³/mol. The summed E-state index contributed by atoms with van der Waals surface area (Å²) in [7, 11) is -1.31. The third-order valence-corrected chi connectivity index (χ3v) is 3.20. The van der Waals surface area contributed by atoms with Crippen LogP contribution in [-0.4, -0.2) is 47.2 Å². The van der Waals surface area contributed by atoms with Crippen molar-refractivity contribution in [3.63, 3.8) is 0 Å². The number of benzene rings is 1. The highest BCUT2D eigenvalue weighted by Crippen LogP contribution is 2.25. The van der Waals surface area contributed by atoms with Crippen LogP contribution in [-0.2, 0) is 9.84 Å². The van der Waals surface area contributed by atoms with E-state index in [4.69, 9.17) is 9.47 Å². The van der Waals surface area contributed by atoms with Gasteiger partial charge in [-0.05, 0) is 12.1 Å². The van der Waals surface area contributed by atoms with Crippen LogP contribution in [0.25, 0.3) is 0 Å². The van der Waals surface area contributed by atoms with Crippen LogP contribution in [0.2, 0.25) is 0 Å². The van der Waals surface area contributed by atoms with Gasteiger partial charge in [0, 0.05) is 19.3 Å². The first-order chi connectivity index (χ1) is 8.53. The fraction of sp³-hybridized carbons (Fsp3) is 0.500. The maximum Gasteiger partial charge on any atom is 0.161 e. The van der Waals surface area contributed by atoms with Gasteiger partial charge < -0.3 is 14.8 Å². The van der Waals surface area contributed by atoms with Crippen LogP contribution < -0.4 is 14.8 Å². The molecule has 0 aliphatic rings. The molecule has 1 aromatic rings. The molecule has 6 heteroatoms. The normalized spacial score (nSPS) is 11.2. The van der Waals surface area contributed by atoms with Gasteiger partial charge in [0.25, 0.3) is 0 Å². The summed E-state index contributed by atoms with van der Waals surface area (Å²) >= 11 is 0. The van der Waals surface area contributed by atoms with Gasteiger partial charge >= 0.3 is 0 Å². The Labute approximate surface area is 108 Å². The molecule has 0 bridgehead atoms. The van der Waals surface area contributed by atoms with Crippen molar-refractivity contribution in [2.75, 3.05) is 38.8 Å². The van der Waals surface area contributed by atoms with Crippen molar-refractivity contribution in [2.45, 2.75) is 0 Å². The molecule has 1 N–H and O–H groups in total. The van der Waals surface area contributed by atoms with Crippen molar-refractivity contribution in [2.24, 2.45) is 0 Å². The van der Waals surface area contributed by atoms with Crippen LogP contribution in [0, 0.1) is 0 Å². The van der Waals surface area contributed by atoms with Crippen LogP contribution in [0.15, 0.2) is 24.3 Å². The second-order valence-corrected chi connectivity index (χ2v) is 6.14. The minimum absolute atomic E-state index is 0.141. The lowest BCUT2D eigenvalue weighted by Crippen LogP contribution is -2.26. The van der Waals surface area contributed by atoms with Crippen molar-refractivity contribution in [3.05, 3.63) is 24.3 Å². The summed E-state index contributed by atoms with van der Waals surface area (Å²) in [5.41, 5.74) is 0. The zero-order valence-corrected chi connectivity index (χ0v) is 11.5. The topological polar surface area (TPSA) is 64.6 Å². The third kappa shape index (κ3) is 5.88. The largest absolute Gasteiger partial charge is 0.493 e. The fourth-order valence-corrected chi connectivity index (χ4v) is 1.87. The molecule has 0 aromatic heterocycles. The van der Waals surface area contributed by atoms with Crippen LogP contribution >= 0.6 is 0 Å². The average molecular weight is 273 g/mol. The maximum absolute atomic E-state index is 10.9. The summed E-state index contributed by atoms with van der Waals surface area (Å²) in [6.07, 6.45) is 1.22. The lowest BCUT2D eigenvalue weighted by atomic mass is 10.3. The molecule has 0 fully saturated rings. The molecule has 0 heterocycles. The van der Waals surface area contributed by atoms with E-state index < -0.39 is 9.84 Å². The van der Waals surface area contributed by atoms with Crippen LogP contribution in [0.1, 0.15) is 0 Å². The lowest BCUT2D eigenvalue weighted by Gasteiger charge is -2.10. The summed E-state index contributed by atoms with van der Waals surface area (Å²) in [5.74, 6) is 1.51. The van der Waals surface area contributed by atoms with Gasteiger partial charge in [0.1, 0.15) is 16.4 Å². The predicted octanol–water partition coefficient (Wildman–Crippen LogP) is 0.708. The SMILES string of the molecule is COc1ccccc1OCCNCCS(C)(=O)=O. The Bertz CT molecular complexity index is 459. The van der Waals surface area contributed by atoms with Crippen LogP contribution in [0.3, 0.4) is 0 Å². The van der Waals surface area contributed by atoms with Crippen molar-refractivity contribution in [1.29, 1.82) is 0 Å². The molecule has 1 aromatic carbocycles. The van der Waals surface area contributed by atoms with Crippen molar-refractivity contribution >= 4 is 9.84 Å². The summed E-state index contributed by atoms with van der Waals surface area (Å²) < 4.78 is 32.4. The molecule has 0 saturated heterocycles. The summed E-state index contributed by atoms with van der Waals surface area (Å²) in [5, 5.41) is 3.00. The molecule has 0 aliphatic heterocycles. The minimum Gasteiger partial charge on any atom is -0.493 e. The number of hydrogen-bond donors (Lipinski definition) is 1. The molecule has 102 valence electrons. The Morgan fingerprint density at radius 3 is 2.44 bits per heavy atom. The van der Waals surface area contributed by atoms with Crippen molar-refractivity contribution in [1.82, 2.24) is 5.32 Å². The Hall–Kier alpha value is -1.27. The molecular weight excluding hydrogens is 254 g/mol. The Balaban J connectivity index is 2.22. The van der Waals surface area contributed by atoms with E-state index in [9.17, 15) is 8.42 Å². The molecule has 0 unspecified atom stereocenters. The van der Waals surface area contributed by atoms with E-state index in [1.54, 1.807) is 7.11 Å². The molecular formula is C12H19NO4S. The van der Waals surface area contributed by atoms with E-state index in [2.05, 4.69) is 5.32 Å².